The molecule has 7 heteroatoms. The molecule has 148 valence electrons. The maximum atomic E-state index is 12.4. The number of benzene rings is 2. The van der Waals surface area contributed by atoms with Gasteiger partial charge in [-0.2, -0.15) is 0 Å². The van der Waals surface area contributed by atoms with Crippen molar-refractivity contribution in [1.29, 1.82) is 0 Å². The van der Waals surface area contributed by atoms with E-state index in [4.69, 9.17) is 5.73 Å². The Balaban J connectivity index is 1.66. The molecule has 4 rings (SSSR count). The van der Waals surface area contributed by atoms with Crippen LogP contribution in [0.1, 0.15) is 5.56 Å². The first-order chi connectivity index (χ1) is 13.9. The zero-order chi connectivity index (χ0) is 20.4. The molecule has 0 unspecified atom stereocenters. The van der Waals surface area contributed by atoms with Crippen molar-refractivity contribution in [3.8, 4) is 0 Å². The van der Waals surface area contributed by atoms with Gasteiger partial charge in [0.2, 0.25) is 0 Å². The van der Waals surface area contributed by atoms with Gasteiger partial charge in [0.05, 0.1) is 0 Å². The van der Waals surface area contributed by atoms with Crippen molar-refractivity contribution < 1.29 is 4.57 Å². The number of para-hydroxylation sites is 1. The van der Waals surface area contributed by atoms with Crippen molar-refractivity contribution >= 4 is 40.7 Å². The highest BCUT2D eigenvalue weighted by atomic mass is 31.2. The Morgan fingerprint density at radius 3 is 2.55 bits per heavy atom. The fraction of sp³-hybridized carbons (Fsp3) is 0.182. The predicted octanol–water partition coefficient (Wildman–Crippen LogP) is 4.17. The molecule has 29 heavy (non-hydrogen) atoms. The Morgan fingerprint density at radius 1 is 1.07 bits per heavy atom. The van der Waals surface area contributed by atoms with Crippen LogP contribution in [0, 0.1) is 0 Å². The number of fused-ring (bicyclic) bond motifs is 1. The van der Waals surface area contributed by atoms with E-state index in [0.29, 0.717) is 12.4 Å². The highest BCUT2D eigenvalue weighted by molar-refractivity contribution is 7.70. The van der Waals surface area contributed by atoms with Gasteiger partial charge in [0.1, 0.15) is 25.1 Å². The van der Waals surface area contributed by atoms with Gasteiger partial charge in [0.25, 0.3) is 0 Å². The zero-order valence-electron chi connectivity index (χ0n) is 16.5. The molecule has 2 heterocycles. The monoisotopic (exact) mass is 405 g/mol. The number of nitrogen functional groups attached to an aromatic ring is 1. The minimum Gasteiger partial charge on any atom is -0.384 e. The van der Waals surface area contributed by atoms with E-state index in [2.05, 4.69) is 44.2 Å². The van der Waals surface area contributed by atoms with E-state index in [1.54, 1.807) is 19.4 Å². The van der Waals surface area contributed by atoms with Crippen molar-refractivity contribution in [3.05, 3.63) is 72.7 Å². The topological polar surface area (TPSA) is 87.9 Å². The van der Waals surface area contributed by atoms with Gasteiger partial charge >= 0.3 is 0 Å². The maximum Gasteiger partial charge on any atom is 0.138 e. The second-order valence-electron chi connectivity index (χ2n) is 7.43. The van der Waals surface area contributed by atoms with Crippen molar-refractivity contribution in [3.63, 3.8) is 0 Å². The third-order valence-corrected chi connectivity index (χ3v) is 6.55. The molecule has 0 fully saturated rings. The Kier molecular flexibility index (Phi) is 5.12. The van der Waals surface area contributed by atoms with Gasteiger partial charge in [-0.25, -0.2) is 9.97 Å². The number of nitrogens with zero attached hydrogens (tertiary/aromatic N) is 3. The lowest BCUT2D eigenvalue weighted by molar-refractivity contribution is 0.588. The summed E-state index contributed by atoms with van der Waals surface area (Å²) in [5.74, 6) is 1.16. The van der Waals surface area contributed by atoms with Crippen molar-refractivity contribution in [2.24, 2.45) is 0 Å². The molecule has 0 saturated heterocycles. The second kappa shape index (κ2) is 7.72. The Morgan fingerprint density at radius 2 is 1.83 bits per heavy atom. The Hall–Kier alpha value is -3.11. The molecule has 0 radical (unpaired) electrons. The fourth-order valence-corrected chi connectivity index (χ4v) is 4.31. The molecule has 0 aliphatic carbocycles. The van der Waals surface area contributed by atoms with Gasteiger partial charge in [0.15, 0.2) is 0 Å². The van der Waals surface area contributed by atoms with E-state index in [0.717, 1.165) is 28.7 Å². The molecule has 2 aromatic carbocycles. The summed E-state index contributed by atoms with van der Waals surface area (Å²) in [5, 5.41) is 2.09. The first kappa shape index (κ1) is 19.2. The van der Waals surface area contributed by atoms with Crippen LogP contribution in [-0.4, -0.2) is 34.8 Å². The van der Waals surface area contributed by atoms with Crippen LogP contribution in [-0.2, 0) is 11.0 Å². The van der Waals surface area contributed by atoms with Crippen LogP contribution >= 0.6 is 7.14 Å². The average molecular weight is 405 g/mol. The SMILES string of the molecule is CP(C)(=O)c1ccc(N(CCc2c[nH]c3ccccc23)c2cc(N)ncn2)cc1. The van der Waals surface area contributed by atoms with Gasteiger partial charge in [-0.3, -0.25) is 0 Å². The summed E-state index contributed by atoms with van der Waals surface area (Å²) in [5.41, 5.74) is 9.25. The highest BCUT2D eigenvalue weighted by Gasteiger charge is 2.15. The highest BCUT2D eigenvalue weighted by Crippen LogP contribution is 2.35. The fourth-order valence-electron chi connectivity index (χ4n) is 3.45. The first-order valence-electron chi connectivity index (χ1n) is 9.47. The summed E-state index contributed by atoms with van der Waals surface area (Å²) >= 11 is 0. The summed E-state index contributed by atoms with van der Waals surface area (Å²) in [6, 6.07) is 17.9. The lowest BCUT2D eigenvalue weighted by Gasteiger charge is -2.24. The number of nitrogens with one attached hydrogen (secondary N) is 1. The number of aromatic amines is 1. The second-order valence-corrected chi connectivity index (χ2v) is 10.6. The smallest absolute Gasteiger partial charge is 0.138 e. The average Bonchev–Trinajstić information content (AvgIpc) is 3.11. The normalized spacial score (nSPS) is 11.7. The largest absolute Gasteiger partial charge is 0.384 e. The molecule has 0 saturated carbocycles. The van der Waals surface area contributed by atoms with Crippen molar-refractivity contribution in [2.45, 2.75) is 6.42 Å². The van der Waals surface area contributed by atoms with Gasteiger partial charge in [0, 0.05) is 40.7 Å². The van der Waals surface area contributed by atoms with Crippen molar-refractivity contribution in [2.75, 3.05) is 30.5 Å². The van der Waals surface area contributed by atoms with Crippen LogP contribution in [0.4, 0.5) is 17.3 Å². The molecule has 6 nitrogen and oxygen atoms in total. The number of rotatable bonds is 6. The third kappa shape index (κ3) is 4.17. The zero-order valence-corrected chi connectivity index (χ0v) is 17.4. The van der Waals surface area contributed by atoms with Gasteiger partial charge in [-0.05, 0) is 55.6 Å². The molecule has 4 aromatic rings. The van der Waals surface area contributed by atoms with E-state index in [1.807, 2.05) is 30.3 Å². The molecular formula is C22H24N5OP. The van der Waals surface area contributed by atoms with Crippen LogP contribution in [0.15, 0.2) is 67.1 Å². The number of hydrogen-bond acceptors (Lipinski definition) is 5. The first-order valence-corrected chi connectivity index (χ1v) is 12.1. The van der Waals surface area contributed by atoms with Crippen LogP contribution in [0.2, 0.25) is 0 Å². The van der Waals surface area contributed by atoms with E-state index in [1.165, 1.54) is 17.3 Å². The van der Waals surface area contributed by atoms with E-state index in [-0.39, 0.29) is 0 Å². The minimum absolute atomic E-state index is 0.426. The van der Waals surface area contributed by atoms with Gasteiger partial charge in [-0.1, -0.05) is 18.2 Å². The molecule has 2 aromatic heterocycles. The molecule has 0 atom stereocenters. The number of nitrogens with two attached hydrogens (primary N) is 1. The molecule has 0 bridgehead atoms. The number of H-pyrrole nitrogens is 1. The van der Waals surface area contributed by atoms with Crippen molar-refractivity contribution in [1.82, 2.24) is 15.0 Å². The minimum atomic E-state index is -2.30. The molecule has 0 spiro atoms. The maximum absolute atomic E-state index is 12.4. The van der Waals surface area contributed by atoms with E-state index >= 15 is 0 Å². The molecule has 0 aliphatic rings. The lowest BCUT2D eigenvalue weighted by Crippen LogP contribution is -2.22. The molecule has 3 N–H and O–H groups in total. The summed E-state index contributed by atoms with van der Waals surface area (Å²) < 4.78 is 12.4. The van der Waals surface area contributed by atoms with E-state index < -0.39 is 7.14 Å². The Bertz CT molecular complexity index is 1180. The van der Waals surface area contributed by atoms with Gasteiger partial charge in [-0.15, -0.1) is 0 Å². The summed E-state index contributed by atoms with van der Waals surface area (Å²) in [7, 11) is -2.30. The quantitative estimate of drug-likeness (QED) is 0.470. The van der Waals surface area contributed by atoms with Crippen LogP contribution in [0.5, 0.6) is 0 Å². The third-order valence-electron chi connectivity index (χ3n) is 5.01. The molecule has 0 aliphatic heterocycles. The number of hydrogen-bond donors (Lipinski definition) is 2. The molecule has 0 amide bonds. The lowest BCUT2D eigenvalue weighted by atomic mass is 10.1. The van der Waals surface area contributed by atoms with Crippen LogP contribution < -0.4 is 15.9 Å². The molecular weight excluding hydrogens is 381 g/mol. The summed E-state index contributed by atoms with van der Waals surface area (Å²) in [6.07, 6.45) is 4.37. The van der Waals surface area contributed by atoms with E-state index in [9.17, 15) is 4.57 Å². The summed E-state index contributed by atoms with van der Waals surface area (Å²) in [6.45, 7) is 4.28. The predicted molar refractivity (Wildman–Crippen MR) is 121 cm³/mol. The Labute approximate surface area is 170 Å². The van der Waals surface area contributed by atoms with Crippen LogP contribution in [0.3, 0.4) is 0 Å². The van der Waals surface area contributed by atoms with Crippen LogP contribution in [0.25, 0.3) is 10.9 Å². The number of anilines is 3. The number of aromatic nitrogens is 3. The standard InChI is InChI=1S/C22H24N5OP/c1-29(2,28)18-9-7-17(8-10-18)27(22-13-21(23)25-15-26-22)12-11-16-14-24-20-6-4-3-5-19(16)20/h3-10,13-15,24H,11-12H2,1-2H3,(H2,23,25,26). The summed E-state index contributed by atoms with van der Waals surface area (Å²) in [4.78, 5) is 13.9. The van der Waals surface area contributed by atoms with Gasteiger partial charge < -0.3 is 20.2 Å².